The molecule has 0 amide bonds. The summed E-state index contributed by atoms with van der Waals surface area (Å²) in [6, 6.07) is 1.07. The van der Waals surface area contributed by atoms with Gasteiger partial charge in [-0.1, -0.05) is 6.92 Å². The first-order valence-electron chi connectivity index (χ1n) is 6.06. The minimum atomic E-state index is 0.381. The van der Waals surface area contributed by atoms with Gasteiger partial charge in [0, 0.05) is 19.2 Å². The van der Waals surface area contributed by atoms with E-state index >= 15 is 0 Å². The molecule has 0 radical (unpaired) electrons. The van der Waals surface area contributed by atoms with Crippen LogP contribution in [0.2, 0.25) is 0 Å². The van der Waals surface area contributed by atoms with E-state index in [0.717, 1.165) is 25.9 Å². The molecule has 3 heteroatoms. The van der Waals surface area contributed by atoms with Crippen molar-refractivity contribution in [2.45, 2.75) is 64.3 Å². The fraction of sp³-hybridized carbons (Fsp3) is 1.00. The smallest absolute Gasteiger partial charge is 0.0615 e. The number of methoxy groups -OCH3 is 1. The first-order chi connectivity index (χ1) is 7.15. The van der Waals surface area contributed by atoms with Crippen LogP contribution in [-0.4, -0.2) is 38.0 Å². The Morgan fingerprint density at radius 3 is 2.40 bits per heavy atom. The Kier molecular flexibility index (Phi) is 5.58. The quantitative estimate of drug-likeness (QED) is 0.760. The van der Waals surface area contributed by atoms with Crippen LogP contribution in [0.25, 0.3) is 0 Å². The van der Waals surface area contributed by atoms with Crippen molar-refractivity contribution in [1.29, 1.82) is 0 Å². The molecule has 1 N–H and O–H groups in total. The first kappa shape index (κ1) is 12.9. The van der Waals surface area contributed by atoms with Crippen LogP contribution in [0.3, 0.4) is 0 Å². The van der Waals surface area contributed by atoms with Gasteiger partial charge >= 0.3 is 0 Å². The third-order valence-corrected chi connectivity index (χ3v) is 3.03. The lowest BCUT2D eigenvalue weighted by atomic mass is 9.98. The third-order valence-electron chi connectivity index (χ3n) is 3.03. The lowest BCUT2D eigenvalue weighted by Gasteiger charge is -2.34. The van der Waals surface area contributed by atoms with Gasteiger partial charge in [0.05, 0.1) is 18.8 Å². The van der Waals surface area contributed by atoms with Crippen molar-refractivity contribution >= 4 is 0 Å². The van der Waals surface area contributed by atoms with Crippen molar-refractivity contribution < 1.29 is 9.47 Å². The van der Waals surface area contributed by atoms with Crippen molar-refractivity contribution in [2.24, 2.45) is 0 Å². The summed E-state index contributed by atoms with van der Waals surface area (Å²) < 4.78 is 10.9. The summed E-state index contributed by atoms with van der Waals surface area (Å²) in [7, 11) is 1.76. The van der Waals surface area contributed by atoms with E-state index in [2.05, 4.69) is 26.1 Å². The highest BCUT2D eigenvalue weighted by Gasteiger charge is 2.25. The second-order valence-corrected chi connectivity index (χ2v) is 4.65. The standard InChI is InChI=1S/C12H25NO2/c1-5-11(8-14-4)13-12-6-9(2)15-10(3)7-12/h9-13H,5-8H2,1-4H3/t9-,10-,11+/m0/s1. The van der Waals surface area contributed by atoms with Crippen LogP contribution in [-0.2, 0) is 9.47 Å². The zero-order valence-electron chi connectivity index (χ0n) is 10.5. The van der Waals surface area contributed by atoms with Gasteiger partial charge in [0.2, 0.25) is 0 Å². The average molecular weight is 215 g/mol. The lowest BCUT2D eigenvalue weighted by Crippen LogP contribution is -2.47. The monoisotopic (exact) mass is 215 g/mol. The fourth-order valence-electron chi connectivity index (χ4n) is 2.36. The zero-order chi connectivity index (χ0) is 11.3. The maximum atomic E-state index is 5.72. The highest BCUT2D eigenvalue weighted by molar-refractivity contribution is 4.81. The maximum Gasteiger partial charge on any atom is 0.0615 e. The molecule has 90 valence electrons. The fourth-order valence-corrected chi connectivity index (χ4v) is 2.36. The van der Waals surface area contributed by atoms with Gasteiger partial charge in [-0.25, -0.2) is 0 Å². The molecule has 0 aromatic rings. The van der Waals surface area contributed by atoms with Crippen molar-refractivity contribution in [3.05, 3.63) is 0 Å². The molecule has 0 saturated carbocycles. The topological polar surface area (TPSA) is 30.5 Å². The van der Waals surface area contributed by atoms with E-state index in [1.165, 1.54) is 0 Å². The van der Waals surface area contributed by atoms with Crippen LogP contribution >= 0.6 is 0 Å². The summed E-state index contributed by atoms with van der Waals surface area (Å²) in [6.07, 6.45) is 4.11. The Balaban J connectivity index is 2.35. The lowest BCUT2D eigenvalue weighted by molar-refractivity contribution is -0.0448. The predicted octanol–water partition coefficient (Wildman–Crippen LogP) is 1.96. The molecule has 1 heterocycles. The molecular weight excluding hydrogens is 190 g/mol. The molecule has 0 unspecified atom stereocenters. The van der Waals surface area contributed by atoms with Crippen molar-refractivity contribution in [2.75, 3.05) is 13.7 Å². The molecule has 1 fully saturated rings. The second kappa shape index (κ2) is 6.46. The van der Waals surface area contributed by atoms with Crippen molar-refractivity contribution in [1.82, 2.24) is 5.32 Å². The van der Waals surface area contributed by atoms with Crippen molar-refractivity contribution in [3.8, 4) is 0 Å². The Labute approximate surface area is 93.5 Å². The van der Waals surface area contributed by atoms with Crippen molar-refractivity contribution in [3.63, 3.8) is 0 Å². The third kappa shape index (κ3) is 4.49. The Morgan fingerprint density at radius 1 is 1.33 bits per heavy atom. The predicted molar refractivity (Wildman–Crippen MR) is 62.1 cm³/mol. The highest BCUT2D eigenvalue weighted by atomic mass is 16.5. The summed E-state index contributed by atoms with van der Waals surface area (Å²) in [5.74, 6) is 0. The molecule has 1 saturated heterocycles. The van der Waals surface area contributed by atoms with E-state index in [4.69, 9.17) is 9.47 Å². The molecule has 0 aliphatic carbocycles. The first-order valence-corrected chi connectivity index (χ1v) is 6.06. The van der Waals surface area contributed by atoms with Crippen LogP contribution < -0.4 is 5.32 Å². The van der Waals surface area contributed by atoms with Gasteiger partial charge in [0.25, 0.3) is 0 Å². The van der Waals surface area contributed by atoms with Crippen LogP contribution in [0.1, 0.15) is 40.0 Å². The molecule has 0 aromatic carbocycles. The molecule has 1 aliphatic rings. The number of nitrogens with one attached hydrogen (secondary N) is 1. The SMILES string of the molecule is CC[C@H](COC)NC1C[C@H](C)O[C@@H](C)C1. The molecule has 3 atom stereocenters. The van der Waals surface area contributed by atoms with Crippen LogP contribution in [0.15, 0.2) is 0 Å². The minimum Gasteiger partial charge on any atom is -0.383 e. The Bertz CT molecular complexity index is 165. The Hall–Kier alpha value is -0.120. The maximum absolute atomic E-state index is 5.72. The van der Waals surface area contributed by atoms with E-state index < -0.39 is 0 Å². The van der Waals surface area contributed by atoms with Gasteiger partial charge in [-0.05, 0) is 33.1 Å². The van der Waals surface area contributed by atoms with Gasteiger partial charge in [-0.15, -0.1) is 0 Å². The number of hydrogen-bond donors (Lipinski definition) is 1. The summed E-state index contributed by atoms with van der Waals surface area (Å²) in [4.78, 5) is 0. The largest absolute Gasteiger partial charge is 0.383 e. The summed E-state index contributed by atoms with van der Waals surface area (Å²) in [5.41, 5.74) is 0. The summed E-state index contributed by atoms with van der Waals surface area (Å²) >= 11 is 0. The van der Waals surface area contributed by atoms with Crippen LogP contribution in [0.4, 0.5) is 0 Å². The summed E-state index contributed by atoms with van der Waals surface area (Å²) in [5, 5.41) is 3.66. The van der Waals surface area contributed by atoms with E-state index in [-0.39, 0.29) is 0 Å². The van der Waals surface area contributed by atoms with E-state index in [1.807, 2.05) is 0 Å². The zero-order valence-corrected chi connectivity index (χ0v) is 10.5. The molecular formula is C12H25NO2. The summed E-state index contributed by atoms with van der Waals surface area (Å²) in [6.45, 7) is 7.31. The van der Waals surface area contributed by atoms with E-state index in [9.17, 15) is 0 Å². The highest BCUT2D eigenvalue weighted by Crippen LogP contribution is 2.19. The van der Waals surface area contributed by atoms with Gasteiger partial charge in [0.15, 0.2) is 0 Å². The van der Waals surface area contributed by atoms with Gasteiger partial charge in [0.1, 0.15) is 0 Å². The second-order valence-electron chi connectivity index (χ2n) is 4.65. The molecule has 0 spiro atoms. The molecule has 0 bridgehead atoms. The Morgan fingerprint density at radius 2 is 1.93 bits per heavy atom. The number of rotatable bonds is 5. The van der Waals surface area contributed by atoms with E-state index in [1.54, 1.807) is 7.11 Å². The molecule has 15 heavy (non-hydrogen) atoms. The van der Waals surface area contributed by atoms with Gasteiger partial charge < -0.3 is 14.8 Å². The molecule has 1 aliphatic heterocycles. The number of hydrogen-bond acceptors (Lipinski definition) is 3. The van der Waals surface area contributed by atoms with Gasteiger partial charge in [-0.2, -0.15) is 0 Å². The normalized spacial score (nSPS) is 34.0. The number of ether oxygens (including phenoxy) is 2. The van der Waals surface area contributed by atoms with Gasteiger partial charge in [-0.3, -0.25) is 0 Å². The molecule has 1 rings (SSSR count). The molecule has 0 aromatic heterocycles. The van der Waals surface area contributed by atoms with Crippen LogP contribution in [0, 0.1) is 0 Å². The van der Waals surface area contributed by atoms with E-state index in [0.29, 0.717) is 24.3 Å². The minimum absolute atomic E-state index is 0.381. The van der Waals surface area contributed by atoms with Crippen LogP contribution in [0.5, 0.6) is 0 Å². The average Bonchev–Trinajstić information content (AvgIpc) is 2.15. The molecule has 3 nitrogen and oxygen atoms in total.